The molecule has 0 saturated heterocycles. The predicted molar refractivity (Wildman–Crippen MR) is 95.2 cm³/mol. The number of carbonyl (C=O) groups excluding carboxylic acids is 1. The van der Waals surface area contributed by atoms with Gasteiger partial charge >= 0.3 is 5.97 Å². The monoisotopic (exact) mass is 389 g/mol. The maximum Gasteiger partial charge on any atom is 0.309 e. The van der Waals surface area contributed by atoms with Crippen molar-refractivity contribution in [3.63, 3.8) is 0 Å². The molecule has 3 rings (SSSR count). The number of nitrogens with zero attached hydrogens (tertiary/aromatic N) is 2. The van der Waals surface area contributed by atoms with E-state index >= 15 is 0 Å². The summed E-state index contributed by atoms with van der Waals surface area (Å²) in [4.78, 5) is 27.6. The van der Waals surface area contributed by atoms with Gasteiger partial charge in [0.15, 0.2) is 0 Å². The van der Waals surface area contributed by atoms with Gasteiger partial charge in [-0.25, -0.2) is 9.37 Å². The molecule has 0 fully saturated rings. The van der Waals surface area contributed by atoms with Crippen molar-refractivity contribution >= 4 is 29.3 Å². The lowest BCUT2D eigenvalue weighted by molar-refractivity contribution is -0.136. The predicted octanol–water partition coefficient (Wildman–Crippen LogP) is 3.72. The highest BCUT2D eigenvalue weighted by molar-refractivity contribution is 6.33. The Morgan fingerprint density at radius 2 is 2.00 bits per heavy atom. The third-order valence-electron chi connectivity index (χ3n) is 3.67. The van der Waals surface area contributed by atoms with Crippen molar-refractivity contribution in [1.82, 2.24) is 10.1 Å². The second-order valence-electron chi connectivity index (χ2n) is 5.60. The number of carbonyl (C=O) groups is 2. The van der Waals surface area contributed by atoms with Crippen LogP contribution in [0.15, 0.2) is 40.9 Å². The molecule has 0 unspecified atom stereocenters. The van der Waals surface area contributed by atoms with Gasteiger partial charge in [-0.2, -0.15) is 0 Å². The quantitative estimate of drug-likeness (QED) is 0.689. The SMILES string of the molecule is Cc1onc(-c2c(F)cccc2Cl)c1C(=O)Nc1cccc(CC(=O)O)n1. The molecule has 138 valence electrons. The van der Waals surface area contributed by atoms with E-state index in [0.29, 0.717) is 0 Å². The van der Waals surface area contributed by atoms with Gasteiger partial charge in [-0.15, -0.1) is 0 Å². The molecule has 7 nitrogen and oxygen atoms in total. The van der Waals surface area contributed by atoms with Crippen LogP contribution in [0.25, 0.3) is 11.3 Å². The van der Waals surface area contributed by atoms with Gasteiger partial charge in [0.2, 0.25) is 0 Å². The summed E-state index contributed by atoms with van der Waals surface area (Å²) in [7, 11) is 0. The van der Waals surface area contributed by atoms with Crippen LogP contribution >= 0.6 is 11.6 Å². The Labute approximate surface area is 157 Å². The minimum Gasteiger partial charge on any atom is -0.481 e. The molecule has 9 heteroatoms. The van der Waals surface area contributed by atoms with Crippen molar-refractivity contribution in [1.29, 1.82) is 0 Å². The van der Waals surface area contributed by atoms with Crippen molar-refractivity contribution in [2.45, 2.75) is 13.3 Å². The van der Waals surface area contributed by atoms with Crippen LogP contribution in [0.1, 0.15) is 21.8 Å². The molecule has 0 saturated carbocycles. The maximum absolute atomic E-state index is 14.2. The fourth-order valence-corrected chi connectivity index (χ4v) is 2.77. The van der Waals surface area contributed by atoms with Crippen LogP contribution in [-0.2, 0) is 11.2 Å². The Morgan fingerprint density at radius 3 is 2.70 bits per heavy atom. The average Bonchev–Trinajstić information content (AvgIpc) is 2.96. The average molecular weight is 390 g/mol. The molecule has 1 amide bonds. The van der Waals surface area contributed by atoms with Crippen LogP contribution < -0.4 is 5.32 Å². The smallest absolute Gasteiger partial charge is 0.309 e. The van der Waals surface area contributed by atoms with Crippen molar-refractivity contribution in [3.8, 4) is 11.3 Å². The van der Waals surface area contributed by atoms with Gasteiger partial charge in [0.25, 0.3) is 5.91 Å². The first-order valence-corrected chi connectivity index (χ1v) is 8.14. The van der Waals surface area contributed by atoms with Gasteiger partial charge < -0.3 is 14.9 Å². The Kier molecular flexibility index (Phi) is 5.18. The number of hydrogen-bond acceptors (Lipinski definition) is 5. The summed E-state index contributed by atoms with van der Waals surface area (Å²) >= 11 is 6.06. The number of amides is 1. The Hall–Kier alpha value is -3.26. The van der Waals surface area contributed by atoms with E-state index in [1.165, 1.54) is 37.3 Å². The first-order valence-electron chi connectivity index (χ1n) is 7.76. The van der Waals surface area contributed by atoms with Gasteiger partial charge in [-0.05, 0) is 31.2 Å². The molecule has 1 aromatic carbocycles. The normalized spacial score (nSPS) is 10.6. The fraction of sp³-hybridized carbons (Fsp3) is 0.111. The number of benzene rings is 1. The van der Waals surface area contributed by atoms with Gasteiger partial charge in [0, 0.05) is 0 Å². The topological polar surface area (TPSA) is 105 Å². The molecule has 3 aromatic rings. The second kappa shape index (κ2) is 7.55. The summed E-state index contributed by atoms with van der Waals surface area (Å²) in [5.74, 6) is -2.01. The minimum absolute atomic E-state index is 0.00689. The molecule has 0 radical (unpaired) electrons. The summed E-state index contributed by atoms with van der Waals surface area (Å²) < 4.78 is 19.3. The maximum atomic E-state index is 14.2. The van der Waals surface area contributed by atoms with Crippen LogP contribution in [0, 0.1) is 12.7 Å². The number of aryl methyl sites for hydroxylation is 1. The largest absolute Gasteiger partial charge is 0.481 e. The van der Waals surface area contributed by atoms with E-state index in [0.717, 1.165) is 0 Å². The zero-order valence-electron chi connectivity index (χ0n) is 14.0. The number of nitrogens with one attached hydrogen (secondary N) is 1. The molecular weight excluding hydrogens is 377 g/mol. The van der Waals surface area contributed by atoms with E-state index in [4.69, 9.17) is 21.2 Å². The zero-order chi connectivity index (χ0) is 19.6. The number of pyridine rings is 1. The first-order chi connectivity index (χ1) is 12.9. The van der Waals surface area contributed by atoms with Gasteiger partial charge in [-0.1, -0.05) is 28.9 Å². The summed E-state index contributed by atoms with van der Waals surface area (Å²) in [6.45, 7) is 1.51. The first kappa shape index (κ1) is 18.5. The Bertz CT molecular complexity index is 1010. The summed E-state index contributed by atoms with van der Waals surface area (Å²) in [6.07, 6.45) is -0.286. The molecule has 0 aliphatic carbocycles. The van der Waals surface area contributed by atoms with E-state index in [9.17, 15) is 14.0 Å². The molecule has 2 aromatic heterocycles. The lowest BCUT2D eigenvalue weighted by atomic mass is 10.0. The Morgan fingerprint density at radius 1 is 1.26 bits per heavy atom. The number of aromatic nitrogens is 2. The van der Waals surface area contributed by atoms with Crippen LogP contribution in [0.5, 0.6) is 0 Å². The minimum atomic E-state index is -1.04. The summed E-state index contributed by atoms with van der Waals surface area (Å²) in [5, 5.41) is 15.2. The highest BCUT2D eigenvalue weighted by Gasteiger charge is 2.25. The Balaban J connectivity index is 1.95. The number of anilines is 1. The molecule has 0 atom stereocenters. The van der Waals surface area contributed by atoms with Crippen LogP contribution in [0.3, 0.4) is 0 Å². The van der Waals surface area contributed by atoms with Crippen molar-refractivity contribution < 1.29 is 23.6 Å². The number of halogens is 2. The number of carboxylic acids is 1. The lowest BCUT2D eigenvalue weighted by Gasteiger charge is -2.08. The molecule has 0 spiro atoms. The van der Waals surface area contributed by atoms with E-state index < -0.39 is 17.7 Å². The summed E-state index contributed by atoms with van der Waals surface area (Å²) in [6, 6.07) is 8.70. The van der Waals surface area contributed by atoms with Crippen molar-refractivity contribution in [2.75, 3.05) is 5.32 Å². The molecule has 0 bridgehead atoms. The molecular formula is C18H13ClFN3O4. The number of aliphatic carboxylic acids is 1. The van der Waals surface area contributed by atoms with Crippen LogP contribution in [-0.4, -0.2) is 27.1 Å². The molecule has 2 N–H and O–H groups in total. The third kappa shape index (κ3) is 3.95. The van der Waals surface area contributed by atoms with Crippen LogP contribution in [0.2, 0.25) is 5.02 Å². The number of carboxylic acid groups (broad SMARTS) is 1. The van der Waals surface area contributed by atoms with Crippen LogP contribution in [0.4, 0.5) is 10.2 Å². The van der Waals surface area contributed by atoms with Gasteiger partial charge in [0.1, 0.15) is 28.7 Å². The fourth-order valence-electron chi connectivity index (χ4n) is 2.52. The lowest BCUT2D eigenvalue weighted by Crippen LogP contribution is -2.15. The van der Waals surface area contributed by atoms with Gasteiger partial charge in [0.05, 0.1) is 22.7 Å². The number of rotatable bonds is 5. The third-order valence-corrected chi connectivity index (χ3v) is 3.99. The van der Waals surface area contributed by atoms with E-state index in [1.54, 1.807) is 6.07 Å². The molecule has 0 aliphatic rings. The second-order valence-corrected chi connectivity index (χ2v) is 6.01. The molecule has 2 heterocycles. The zero-order valence-corrected chi connectivity index (χ0v) is 14.7. The van der Waals surface area contributed by atoms with E-state index in [1.807, 2.05) is 0 Å². The van der Waals surface area contributed by atoms with Crippen molar-refractivity contribution in [3.05, 3.63) is 64.3 Å². The van der Waals surface area contributed by atoms with Crippen molar-refractivity contribution in [2.24, 2.45) is 0 Å². The standard InChI is InChI=1S/C18H13ClFN3O4/c1-9-15(17(23-27-9)16-11(19)5-3-6-12(16)20)18(26)22-13-7-2-4-10(21-13)8-14(24)25/h2-7H,8H2,1H3,(H,24,25)(H,21,22,26). The number of hydrogen-bond donors (Lipinski definition) is 2. The van der Waals surface area contributed by atoms with E-state index in [-0.39, 0.29) is 45.5 Å². The highest BCUT2D eigenvalue weighted by atomic mass is 35.5. The van der Waals surface area contributed by atoms with Gasteiger partial charge in [-0.3, -0.25) is 9.59 Å². The molecule has 0 aliphatic heterocycles. The summed E-state index contributed by atoms with van der Waals surface area (Å²) in [5.41, 5.74) is 0.204. The van der Waals surface area contributed by atoms with E-state index in [2.05, 4.69) is 15.5 Å². The highest BCUT2D eigenvalue weighted by Crippen LogP contribution is 2.33. The molecule has 27 heavy (non-hydrogen) atoms.